The lowest BCUT2D eigenvalue weighted by Gasteiger charge is -2.07. The van der Waals surface area contributed by atoms with E-state index >= 15 is 0 Å². The minimum Gasteiger partial charge on any atom is -0.469 e. The molecule has 0 saturated heterocycles. The van der Waals surface area contributed by atoms with Gasteiger partial charge in [-0.25, -0.2) is 13.8 Å². The van der Waals surface area contributed by atoms with E-state index in [2.05, 4.69) is 9.72 Å². The Morgan fingerprint density at radius 1 is 1.71 bits per heavy atom. The number of nitriles is 1. The second kappa shape index (κ2) is 5.86. The van der Waals surface area contributed by atoms with E-state index in [0.29, 0.717) is 9.26 Å². The molecule has 0 atom stereocenters. The molecule has 0 aliphatic rings. The van der Waals surface area contributed by atoms with Crippen molar-refractivity contribution in [2.24, 2.45) is 0 Å². The molecule has 0 radical (unpaired) electrons. The zero-order valence-electron chi connectivity index (χ0n) is 8.71. The van der Waals surface area contributed by atoms with Crippen LogP contribution < -0.4 is 0 Å². The maximum atomic E-state index is 12.6. The van der Waals surface area contributed by atoms with Gasteiger partial charge < -0.3 is 4.74 Å². The number of rotatable bonds is 3. The monoisotopic (exact) mass is 352 g/mol. The van der Waals surface area contributed by atoms with Gasteiger partial charge in [0.1, 0.15) is 9.77 Å². The molecule has 1 heterocycles. The molecule has 90 valence electrons. The smallest absolute Gasteiger partial charge is 0.310 e. The van der Waals surface area contributed by atoms with Gasteiger partial charge in [0.05, 0.1) is 19.1 Å². The molecule has 1 aromatic heterocycles. The Kier molecular flexibility index (Phi) is 4.74. The molecule has 0 aromatic carbocycles. The highest BCUT2D eigenvalue weighted by Gasteiger charge is 2.18. The molecule has 1 rings (SSSR count). The number of carbonyl (C=O) groups excluding carboxylic acids is 1. The lowest BCUT2D eigenvalue weighted by Crippen LogP contribution is -2.09. The van der Waals surface area contributed by atoms with E-state index in [1.165, 1.54) is 7.11 Å². The highest BCUT2D eigenvalue weighted by atomic mass is 127. The maximum absolute atomic E-state index is 12.6. The number of halogens is 3. The van der Waals surface area contributed by atoms with Crippen molar-refractivity contribution in [3.05, 3.63) is 26.6 Å². The number of carbonyl (C=O) groups is 1. The topological polar surface area (TPSA) is 63.0 Å². The van der Waals surface area contributed by atoms with Crippen LogP contribution in [0.25, 0.3) is 0 Å². The third kappa shape index (κ3) is 3.33. The summed E-state index contributed by atoms with van der Waals surface area (Å²) in [4.78, 5) is 14.8. The molecule has 1 aromatic rings. The predicted molar refractivity (Wildman–Crippen MR) is 62.3 cm³/mol. The van der Waals surface area contributed by atoms with Gasteiger partial charge in [0.2, 0.25) is 0 Å². The fourth-order valence-corrected chi connectivity index (χ4v) is 1.75. The molecule has 0 unspecified atom stereocenters. The van der Waals surface area contributed by atoms with Crippen LogP contribution in [0.4, 0.5) is 8.78 Å². The maximum Gasteiger partial charge on any atom is 0.310 e. The lowest BCUT2D eigenvalue weighted by atomic mass is 10.1. The number of pyridine rings is 1. The van der Waals surface area contributed by atoms with Gasteiger partial charge in [0.25, 0.3) is 6.43 Å². The average Bonchev–Trinajstić information content (AvgIpc) is 2.30. The van der Waals surface area contributed by atoms with E-state index in [1.54, 1.807) is 28.7 Å². The standard InChI is InChI=1S/C10H7F2IN2O2/c1-17-8(16)3-5-2-6(9(11)12)7(4-14)15-10(5)13/h2,9H,3H2,1H3. The number of hydrogen-bond donors (Lipinski definition) is 0. The Balaban J connectivity index is 3.21. The summed E-state index contributed by atoms with van der Waals surface area (Å²) >= 11 is 1.78. The Labute approximate surface area is 110 Å². The minimum atomic E-state index is -2.80. The summed E-state index contributed by atoms with van der Waals surface area (Å²) in [6.45, 7) is 0. The Hall–Kier alpha value is -1.30. The van der Waals surface area contributed by atoms with Crippen molar-refractivity contribution in [3.63, 3.8) is 0 Å². The van der Waals surface area contributed by atoms with Gasteiger partial charge in [-0.3, -0.25) is 4.79 Å². The third-order valence-electron chi connectivity index (χ3n) is 1.98. The fourth-order valence-electron chi connectivity index (χ4n) is 1.16. The van der Waals surface area contributed by atoms with Crippen molar-refractivity contribution in [2.75, 3.05) is 7.11 Å². The molecule has 0 aliphatic heterocycles. The molecular formula is C10H7F2IN2O2. The van der Waals surface area contributed by atoms with E-state index in [-0.39, 0.29) is 12.1 Å². The van der Waals surface area contributed by atoms with Crippen LogP contribution in [0.1, 0.15) is 23.2 Å². The summed E-state index contributed by atoms with van der Waals surface area (Å²) in [5, 5.41) is 8.67. The van der Waals surface area contributed by atoms with Crippen LogP contribution in [0.15, 0.2) is 6.07 Å². The first kappa shape index (κ1) is 13.8. The van der Waals surface area contributed by atoms with Crippen molar-refractivity contribution < 1.29 is 18.3 Å². The van der Waals surface area contributed by atoms with Gasteiger partial charge >= 0.3 is 5.97 Å². The minimum absolute atomic E-state index is 0.146. The van der Waals surface area contributed by atoms with Crippen LogP contribution in [0.2, 0.25) is 0 Å². The normalized spacial score (nSPS) is 10.1. The highest BCUT2D eigenvalue weighted by Crippen LogP contribution is 2.25. The third-order valence-corrected chi connectivity index (χ3v) is 2.92. The number of ether oxygens (including phenoxy) is 1. The Bertz CT molecular complexity index is 486. The average molecular weight is 352 g/mol. The zero-order valence-corrected chi connectivity index (χ0v) is 10.9. The molecular weight excluding hydrogens is 345 g/mol. The SMILES string of the molecule is COC(=O)Cc1cc(C(F)F)c(C#N)nc1I. The van der Waals surface area contributed by atoms with Crippen LogP contribution in [0.3, 0.4) is 0 Å². The van der Waals surface area contributed by atoms with E-state index in [1.807, 2.05) is 0 Å². The van der Waals surface area contributed by atoms with Gasteiger partial charge in [0, 0.05) is 0 Å². The molecule has 0 saturated carbocycles. The molecule has 4 nitrogen and oxygen atoms in total. The first-order chi connectivity index (χ1) is 7.99. The van der Waals surface area contributed by atoms with Crippen LogP contribution in [-0.2, 0) is 16.0 Å². The van der Waals surface area contributed by atoms with Crippen molar-refractivity contribution in [1.29, 1.82) is 5.26 Å². The first-order valence-corrected chi connectivity index (χ1v) is 5.51. The highest BCUT2D eigenvalue weighted by molar-refractivity contribution is 14.1. The zero-order chi connectivity index (χ0) is 13.0. The number of methoxy groups -OCH3 is 1. The summed E-state index contributed by atoms with van der Waals surface area (Å²) in [7, 11) is 1.21. The number of aromatic nitrogens is 1. The molecule has 0 N–H and O–H groups in total. The quantitative estimate of drug-likeness (QED) is 0.475. The van der Waals surface area contributed by atoms with Crippen molar-refractivity contribution in [3.8, 4) is 6.07 Å². The Morgan fingerprint density at radius 2 is 2.35 bits per heavy atom. The van der Waals surface area contributed by atoms with Crippen molar-refractivity contribution >= 4 is 28.6 Å². The van der Waals surface area contributed by atoms with Crippen LogP contribution in [-0.4, -0.2) is 18.1 Å². The fraction of sp³-hybridized carbons (Fsp3) is 0.300. The predicted octanol–water partition coefficient (Wildman–Crippen LogP) is 2.21. The molecule has 0 spiro atoms. The summed E-state index contributed by atoms with van der Waals surface area (Å²) in [6, 6.07) is 2.72. The van der Waals surface area contributed by atoms with Crippen LogP contribution in [0.5, 0.6) is 0 Å². The number of nitrogens with zero attached hydrogens (tertiary/aromatic N) is 2. The number of hydrogen-bond acceptors (Lipinski definition) is 4. The van der Waals surface area contributed by atoms with Crippen molar-refractivity contribution in [2.45, 2.75) is 12.8 Å². The lowest BCUT2D eigenvalue weighted by molar-refractivity contribution is -0.139. The molecule has 17 heavy (non-hydrogen) atoms. The van der Waals surface area contributed by atoms with E-state index in [0.717, 1.165) is 6.07 Å². The summed E-state index contributed by atoms with van der Waals surface area (Å²) in [5.41, 5.74) is -0.461. The summed E-state index contributed by atoms with van der Waals surface area (Å²) in [5.74, 6) is -0.547. The van der Waals surface area contributed by atoms with Crippen LogP contribution >= 0.6 is 22.6 Å². The second-order valence-corrected chi connectivity index (χ2v) is 4.06. The second-order valence-electron chi connectivity index (χ2n) is 3.04. The van der Waals surface area contributed by atoms with Gasteiger partial charge in [-0.2, -0.15) is 5.26 Å². The van der Waals surface area contributed by atoms with Gasteiger partial charge in [-0.05, 0) is 34.2 Å². The first-order valence-electron chi connectivity index (χ1n) is 4.44. The largest absolute Gasteiger partial charge is 0.469 e. The summed E-state index contributed by atoms with van der Waals surface area (Å²) in [6.07, 6.45) is -2.95. The molecule has 7 heteroatoms. The molecule has 0 fully saturated rings. The van der Waals surface area contributed by atoms with Gasteiger partial charge in [0.15, 0.2) is 5.69 Å². The van der Waals surface area contributed by atoms with E-state index in [9.17, 15) is 13.6 Å². The summed E-state index contributed by atoms with van der Waals surface area (Å²) < 4.78 is 30.1. The van der Waals surface area contributed by atoms with Gasteiger partial charge in [-0.15, -0.1) is 0 Å². The number of esters is 1. The Morgan fingerprint density at radius 3 is 2.82 bits per heavy atom. The molecule has 0 aliphatic carbocycles. The van der Waals surface area contributed by atoms with Crippen LogP contribution in [0, 0.1) is 15.0 Å². The van der Waals surface area contributed by atoms with Crippen molar-refractivity contribution in [1.82, 2.24) is 4.98 Å². The van der Waals surface area contributed by atoms with Gasteiger partial charge in [-0.1, -0.05) is 0 Å². The molecule has 0 amide bonds. The molecule has 0 bridgehead atoms. The number of alkyl halides is 2. The van der Waals surface area contributed by atoms with E-state index in [4.69, 9.17) is 5.26 Å². The van der Waals surface area contributed by atoms with E-state index < -0.39 is 18.0 Å².